The number of aliphatic carboxylic acids is 1. The van der Waals surface area contributed by atoms with Crippen molar-refractivity contribution in [2.45, 2.75) is 18.9 Å². The van der Waals surface area contributed by atoms with Gasteiger partial charge in [0.15, 0.2) is 0 Å². The van der Waals surface area contributed by atoms with Crippen LogP contribution in [0, 0.1) is 10.1 Å². The second-order valence-electron chi connectivity index (χ2n) is 3.43. The summed E-state index contributed by atoms with van der Waals surface area (Å²) in [7, 11) is 0. The molecule has 1 N–H and O–H groups in total. The lowest BCUT2D eigenvalue weighted by Crippen LogP contribution is -2.09. The van der Waals surface area contributed by atoms with Gasteiger partial charge in [0.25, 0.3) is 5.69 Å². The summed E-state index contributed by atoms with van der Waals surface area (Å²) in [6, 6.07) is 1.83. The van der Waals surface area contributed by atoms with Gasteiger partial charge >= 0.3 is 12.6 Å². The van der Waals surface area contributed by atoms with Gasteiger partial charge in [0.05, 0.1) is 17.2 Å². The number of hydrogen-bond donors (Lipinski definition) is 1. The number of rotatable bonds is 6. The Morgan fingerprint density at radius 1 is 1.47 bits per heavy atom. The highest BCUT2D eigenvalue weighted by Gasteiger charge is 2.21. The summed E-state index contributed by atoms with van der Waals surface area (Å²) in [5.74, 6) is -2.05. The van der Waals surface area contributed by atoms with Gasteiger partial charge in [0.1, 0.15) is 5.75 Å². The Kier molecular flexibility index (Phi) is 4.99. The van der Waals surface area contributed by atoms with Gasteiger partial charge in [-0.15, -0.1) is 11.6 Å². The van der Waals surface area contributed by atoms with Crippen LogP contribution in [-0.2, 0) is 17.1 Å². The first-order chi connectivity index (χ1) is 8.85. The van der Waals surface area contributed by atoms with Crippen LogP contribution in [0.1, 0.15) is 11.1 Å². The lowest BCUT2D eigenvalue weighted by atomic mass is 10.1. The van der Waals surface area contributed by atoms with Crippen molar-refractivity contribution in [3.63, 3.8) is 0 Å². The molecule has 0 amide bonds. The third kappa shape index (κ3) is 4.02. The summed E-state index contributed by atoms with van der Waals surface area (Å²) < 4.78 is 28.5. The maximum absolute atomic E-state index is 12.2. The van der Waals surface area contributed by atoms with Crippen LogP contribution in [0.15, 0.2) is 12.1 Å². The quantitative estimate of drug-likeness (QED) is 0.495. The number of nitrogens with zero attached hydrogens (tertiary/aromatic N) is 1. The number of halogens is 3. The molecule has 0 aliphatic carbocycles. The number of nitro benzene ring substituents is 1. The molecule has 0 spiro atoms. The lowest BCUT2D eigenvalue weighted by Gasteiger charge is -2.11. The highest BCUT2D eigenvalue weighted by molar-refractivity contribution is 6.17. The molecule has 1 rings (SSSR count). The van der Waals surface area contributed by atoms with Crippen LogP contribution in [0.3, 0.4) is 0 Å². The Bertz CT molecular complexity index is 509. The highest BCUT2D eigenvalue weighted by Crippen LogP contribution is 2.31. The van der Waals surface area contributed by atoms with Crippen molar-refractivity contribution in [3.8, 4) is 5.75 Å². The fourth-order valence-electron chi connectivity index (χ4n) is 1.44. The molecule has 0 bridgehead atoms. The number of alkyl halides is 3. The van der Waals surface area contributed by atoms with Crippen LogP contribution in [0.2, 0.25) is 0 Å². The molecule has 0 aliphatic rings. The van der Waals surface area contributed by atoms with Gasteiger partial charge in [-0.3, -0.25) is 14.9 Å². The van der Waals surface area contributed by atoms with E-state index in [1.165, 1.54) is 0 Å². The Balaban J connectivity index is 3.33. The van der Waals surface area contributed by atoms with E-state index >= 15 is 0 Å². The summed E-state index contributed by atoms with van der Waals surface area (Å²) in [5, 5.41) is 19.4. The maximum atomic E-state index is 12.2. The van der Waals surface area contributed by atoms with E-state index in [0.29, 0.717) is 0 Å². The predicted octanol–water partition coefficient (Wildman–Crippen LogP) is 2.56. The van der Waals surface area contributed by atoms with Gasteiger partial charge in [-0.2, -0.15) is 8.78 Å². The minimum Gasteiger partial charge on any atom is -0.481 e. The normalized spacial score (nSPS) is 10.5. The third-order valence-electron chi connectivity index (χ3n) is 2.16. The predicted molar refractivity (Wildman–Crippen MR) is 60.6 cm³/mol. The summed E-state index contributed by atoms with van der Waals surface area (Å²) >= 11 is 5.48. The molecule has 0 saturated heterocycles. The fourth-order valence-corrected chi connectivity index (χ4v) is 1.65. The first kappa shape index (κ1) is 15.1. The molecule has 19 heavy (non-hydrogen) atoms. The van der Waals surface area contributed by atoms with E-state index in [0.717, 1.165) is 12.1 Å². The van der Waals surface area contributed by atoms with E-state index in [1.807, 2.05) is 0 Å². The van der Waals surface area contributed by atoms with E-state index in [9.17, 15) is 23.7 Å². The Labute approximate surface area is 110 Å². The number of carboxylic acid groups (broad SMARTS) is 1. The van der Waals surface area contributed by atoms with E-state index in [4.69, 9.17) is 16.7 Å². The minimum atomic E-state index is -3.17. The lowest BCUT2D eigenvalue weighted by molar-refractivity contribution is -0.385. The molecule has 1 aromatic rings. The minimum absolute atomic E-state index is 0.0311. The molecule has 0 fully saturated rings. The largest absolute Gasteiger partial charge is 0.481 e. The second kappa shape index (κ2) is 6.28. The highest BCUT2D eigenvalue weighted by atomic mass is 35.5. The number of nitro groups is 1. The topological polar surface area (TPSA) is 89.7 Å². The van der Waals surface area contributed by atoms with Crippen LogP contribution in [-0.4, -0.2) is 22.6 Å². The Hall–Kier alpha value is -1.96. The van der Waals surface area contributed by atoms with E-state index in [1.54, 1.807) is 0 Å². The van der Waals surface area contributed by atoms with Gasteiger partial charge in [0.2, 0.25) is 0 Å². The third-order valence-corrected chi connectivity index (χ3v) is 2.45. The van der Waals surface area contributed by atoms with E-state index in [2.05, 4.69) is 4.74 Å². The Morgan fingerprint density at radius 3 is 2.53 bits per heavy atom. The summed E-state index contributed by atoms with van der Waals surface area (Å²) in [5.41, 5.74) is -0.683. The molecule has 0 aliphatic heterocycles. The van der Waals surface area contributed by atoms with Crippen molar-refractivity contribution >= 4 is 23.3 Å². The van der Waals surface area contributed by atoms with Gasteiger partial charge in [-0.25, -0.2) is 0 Å². The SMILES string of the molecule is O=C(O)Cc1cc([N+](=O)[O-])c(CCl)cc1OC(F)F. The van der Waals surface area contributed by atoms with Gasteiger partial charge in [-0.05, 0) is 6.07 Å². The molecular formula is C10H8ClF2NO5. The molecule has 0 unspecified atom stereocenters. The number of benzene rings is 1. The molecule has 0 aromatic heterocycles. The van der Waals surface area contributed by atoms with Gasteiger partial charge in [-0.1, -0.05) is 0 Å². The first-order valence-corrected chi connectivity index (χ1v) is 5.41. The summed E-state index contributed by atoms with van der Waals surface area (Å²) in [6.45, 7) is -3.17. The smallest absolute Gasteiger partial charge is 0.387 e. The average molecular weight is 296 g/mol. The van der Waals surface area contributed by atoms with Crippen LogP contribution in [0.4, 0.5) is 14.5 Å². The first-order valence-electron chi connectivity index (χ1n) is 4.88. The molecule has 9 heteroatoms. The molecule has 1 aromatic carbocycles. The van der Waals surface area contributed by atoms with Crippen molar-refractivity contribution in [2.75, 3.05) is 0 Å². The zero-order chi connectivity index (χ0) is 14.6. The molecule has 0 atom stereocenters. The molecular weight excluding hydrogens is 288 g/mol. The van der Waals surface area contributed by atoms with E-state index < -0.39 is 35.4 Å². The zero-order valence-corrected chi connectivity index (χ0v) is 10.1. The summed E-state index contributed by atoms with van der Waals surface area (Å²) in [4.78, 5) is 20.6. The number of carbonyl (C=O) groups is 1. The van der Waals surface area contributed by atoms with Gasteiger partial charge < -0.3 is 9.84 Å². The van der Waals surface area contributed by atoms with Crippen molar-refractivity contribution in [1.82, 2.24) is 0 Å². The number of hydrogen-bond acceptors (Lipinski definition) is 4. The van der Waals surface area contributed by atoms with Crippen molar-refractivity contribution in [3.05, 3.63) is 33.4 Å². The van der Waals surface area contributed by atoms with Crippen LogP contribution >= 0.6 is 11.6 Å². The fraction of sp³-hybridized carbons (Fsp3) is 0.300. The van der Waals surface area contributed by atoms with Crippen LogP contribution < -0.4 is 4.74 Å². The number of ether oxygens (including phenoxy) is 1. The van der Waals surface area contributed by atoms with Gasteiger partial charge in [0, 0.05) is 17.2 Å². The Morgan fingerprint density at radius 2 is 2.11 bits per heavy atom. The number of carboxylic acids is 1. The van der Waals surface area contributed by atoms with Crippen molar-refractivity contribution < 1.29 is 28.3 Å². The second-order valence-corrected chi connectivity index (χ2v) is 3.70. The molecule has 0 saturated carbocycles. The van der Waals surface area contributed by atoms with E-state index in [-0.39, 0.29) is 17.0 Å². The standard InChI is InChI=1S/C10H8ClF2NO5/c11-4-6-2-8(19-10(12)13)5(3-9(15)16)1-7(6)14(17)18/h1-2,10H,3-4H2,(H,15,16). The maximum Gasteiger partial charge on any atom is 0.387 e. The van der Waals surface area contributed by atoms with Crippen molar-refractivity contribution in [2.24, 2.45) is 0 Å². The zero-order valence-electron chi connectivity index (χ0n) is 9.31. The van der Waals surface area contributed by atoms with Crippen LogP contribution in [0.25, 0.3) is 0 Å². The molecule has 104 valence electrons. The van der Waals surface area contributed by atoms with Crippen LogP contribution in [0.5, 0.6) is 5.75 Å². The molecule has 0 radical (unpaired) electrons. The van der Waals surface area contributed by atoms with Crippen molar-refractivity contribution in [1.29, 1.82) is 0 Å². The monoisotopic (exact) mass is 295 g/mol. The molecule has 0 heterocycles. The summed E-state index contributed by atoms with van der Waals surface area (Å²) in [6.07, 6.45) is -0.675. The average Bonchev–Trinajstić information content (AvgIpc) is 2.29. The molecule has 6 nitrogen and oxygen atoms in total.